The number of ether oxygens (including phenoxy) is 3. The summed E-state index contributed by atoms with van der Waals surface area (Å²) in [7, 11) is 0. The Morgan fingerprint density at radius 3 is 1.57 bits per heavy atom. The second-order valence-corrected chi connectivity index (χ2v) is 7.95. The molecule has 0 saturated carbocycles. The van der Waals surface area contributed by atoms with Gasteiger partial charge >= 0.3 is 0 Å². The van der Waals surface area contributed by atoms with Crippen molar-refractivity contribution in [3.05, 3.63) is 71.5 Å². The van der Waals surface area contributed by atoms with Gasteiger partial charge in [0.2, 0.25) is 0 Å². The summed E-state index contributed by atoms with van der Waals surface area (Å²) in [4.78, 5) is 2.98. The lowest BCUT2D eigenvalue weighted by atomic mass is 10.0. The first-order valence-corrected chi connectivity index (χ1v) is 12.0. The third kappa shape index (κ3) is 8.84. The van der Waals surface area contributed by atoms with Gasteiger partial charge in [-0.05, 0) is 30.4 Å². The van der Waals surface area contributed by atoms with Crippen molar-refractivity contribution in [3.63, 3.8) is 0 Å². The maximum atomic E-state index is 12.9. The number of hydrogen-bond acceptors (Lipinski definition) is 4. The molecular weight excluding hydrogens is 495 g/mol. The molecular formula is C28H31F5O4. The van der Waals surface area contributed by atoms with E-state index in [-0.39, 0.29) is 0 Å². The Morgan fingerprint density at radius 2 is 1.14 bits per heavy atom. The minimum Gasteiger partial charge on any atom is -0.493 e. The van der Waals surface area contributed by atoms with Crippen LogP contribution in [0.1, 0.15) is 45.6 Å². The highest BCUT2D eigenvalue weighted by atomic mass is 19.3. The van der Waals surface area contributed by atoms with Gasteiger partial charge in [0, 0.05) is 28.8 Å². The van der Waals surface area contributed by atoms with E-state index < -0.39 is 29.9 Å². The van der Waals surface area contributed by atoms with E-state index in [1.807, 2.05) is 24.3 Å². The molecule has 0 saturated heterocycles. The summed E-state index contributed by atoms with van der Waals surface area (Å²) >= 11 is 0. The average Bonchev–Trinajstić information content (AvgIpc) is 2.92. The molecule has 3 aromatic carbocycles. The molecule has 202 valence electrons. The van der Waals surface area contributed by atoms with Crippen molar-refractivity contribution in [3.8, 4) is 34.1 Å². The van der Waals surface area contributed by atoms with Gasteiger partial charge in [-0.1, -0.05) is 45.0 Å². The first-order chi connectivity index (χ1) is 17.9. The van der Waals surface area contributed by atoms with Crippen LogP contribution < -0.4 is 19.2 Å². The van der Waals surface area contributed by atoms with Gasteiger partial charge in [0.1, 0.15) is 23.9 Å². The summed E-state index contributed by atoms with van der Waals surface area (Å²) in [5, 5.41) is 0. The molecule has 0 unspecified atom stereocenters. The van der Waals surface area contributed by atoms with Gasteiger partial charge in [0.15, 0.2) is 23.2 Å². The monoisotopic (exact) mass is 526 g/mol. The van der Waals surface area contributed by atoms with Crippen LogP contribution in [-0.4, -0.2) is 19.8 Å². The number of alkyl halides is 1. The van der Waals surface area contributed by atoms with Gasteiger partial charge in [-0.25, -0.2) is 17.6 Å². The summed E-state index contributed by atoms with van der Waals surface area (Å²) in [6.07, 6.45) is 2.75. The first-order valence-electron chi connectivity index (χ1n) is 12.0. The molecule has 4 nitrogen and oxygen atoms in total. The lowest BCUT2D eigenvalue weighted by Crippen LogP contribution is -2.04. The molecule has 37 heavy (non-hydrogen) atoms. The maximum Gasteiger partial charge on any atom is 0.194 e. The second kappa shape index (κ2) is 15.6. The molecule has 0 aliphatic carbocycles. The standard InChI is InChI=1S/C22H29FO3.C6H2F4O/c1-4-11-24-19-14-20(25-12-5-2)22(21(15-19)26-13-6-3)18-9-7-17(16-23)8-10-18;7-4-1-3(11-10)2-5(8)6(4)9/h7-10,14-15H,4-6,11-13,16H2,1-3H3;1-2H. The second-order valence-electron chi connectivity index (χ2n) is 7.95. The molecule has 0 aromatic heterocycles. The van der Waals surface area contributed by atoms with E-state index in [0.29, 0.717) is 37.5 Å². The molecule has 0 radical (unpaired) electrons. The van der Waals surface area contributed by atoms with Crippen LogP contribution in [0.5, 0.6) is 23.0 Å². The van der Waals surface area contributed by atoms with Crippen LogP contribution in [0.2, 0.25) is 0 Å². The largest absolute Gasteiger partial charge is 0.493 e. The zero-order valence-corrected chi connectivity index (χ0v) is 21.1. The Balaban J connectivity index is 0.000000364. The van der Waals surface area contributed by atoms with Crippen LogP contribution in [0, 0.1) is 17.5 Å². The van der Waals surface area contributed by atoms with E-state index in [4.69, 9.17) is 14.2 Å². The molecule has 0 spiro atoms. The molecule has 3 aromatic rings. The SMILES string of the molecule is CCCOc1cc(OCCC)c(-c2ccc(CF)cc2)c(OCCC)c1.FOc1cc(F)c(F)c(F)c1. The number of halogens is 5. The van der Waals surface area contributed by atoms with Crippen molar-refractivity contribution in [2.45, 2.75) is 46.7 Å². The fourth-order valence-corrected chi connectivity index (χ4v) is 3.14. The highest BCUT2D eigenvalue weighted by Gasteiger charge is 2.17. The van der Waals surface area contributed by atoms with Crippen LogP contribution in [0.3, 0.4) is 0 Å². The van der Waals surface area contributed by atoms with E-state index >= 15 is 0 Å². The van der Waals surface area contributed by atoms with Gasteiger partial charge in [-0.2, -0.15) is 0 Å². The van der Waals surface area contributed by atoms with Crippen molar-refractivity contribution in [1.29, 1.82) is 0 Å². The predicted molar refractivity (Wildman–Crippen MR) is 132 cm³/mol. The zero-order valence-electron chi connectivity index (χ0n) is 21.1. The van der Waals surface area contributed by atoms with Gasteiger partial charge in [0.05, 0.1) is 25.4 Å². The molecule has 0 amide bonds. The minimum absolute atomic E-state index is 0.401. The lowest BCUT2D eigenvalue weighted by Gasteiger charge is -2.18. The van der Waals surface area contributed by atoms with E-state index in [1.165, 1.54) is 0 Å². The lowest BCUT2D eigenvalue weighted by molar-refractivity contribution is -0.00711. The van der Waals surface area contributed by atoms with E-state index in [2.05, 4.69) is 25.7 Å². The van der Waals surface area contributed by atoms with Gasteiger partial charge < -0.3 is 14.2 Å². The Kier molecular flexibility index (Phi) is 12.5. The normalized spacial score (nSPS) is 10.4. The molecule has 9 heteroatoms. The van der Waals surface area contributed by atoms with Crippen molar-refractivity contribution in [1.82, 2.24) is 0 Å². The smallest absolute Gasteiger partial charge is 0.194 e. The third-order valence-electron chi connectivity index (χ3n) is 4.88. The number of benzene rings is 3. The molecule has 0 bridgehead atoms. The van der Waals surface area contributed by atoms with Gasteiger partial charge in [-0.3, -0.25) is 4.94 Å². The Bertz CT molecular complexity index is 1050. The maximum absolute atomic E-state index is 12.9. The highest BCUT2D eigenvalue weighted by Crippen LogP contribution is 2.42. The molecule has 0 aliphatic rings. The third-order valence-corrected chi connectivity index (χ3v) is 4.88. The Labute approximate surface area is 213 Å². The molecule has 0 heterocycles. The Hall–Kier alpha value is -3.49. The molecule has 0 fully saturated rings. The fourth-order valence-electron chi connectivity index (χ4n) is 3.14. The number of rotatable bonds is 12. The molecule has 0 atom stereocenters. The molecule has 0 aliphatic heterocycles. The predicted octanol–water partition coefficient (Wildman–Crippen LogP) is 8.56. The summed E-state index contributed by atoms with van der Waals surface area (Å²) in [6, 6.07) is 12.1. The van der Waals surface area contributed by atoms with Crippen molar-refractivity contribution in [2.75, 3.05) is 19.8 Å². The quantitative estimate of drug-likeness (QED) is 0.175. The summed E-state index contributed by atoms with van der Waals surface area (Å²) < 4.78 is 78.4. The summed E-state index contributed by atoms with van der Waals surface area (Å²) in [5.74, 6) is -3.12. The fraction of sp³-hybridized carbons (Fsp3) is 0.357. The van der Waals surface area contributed by atoms with Crippen LogP contribution >= 0.6 is 0 Å². The van der Waals surface area contributed by atoms with Crippen LogP contribution in [0.25, 0.3) is 11.1 Å². The van der Waals surface area contributed by atoms with E-state index in [0.717, 1.165) is 47.6 Å². The van der Waals surface area contributed by atoms with E-state index in [9.17, 15) is 22.1 Å². The topological polar surface area (TPSA) is 36.9 Å². The number of hydrogen-bond donors (Lipinski definition) is 0. The van der Waals surface area contributed by atoms with Gasteiger partial charge in [0.25, 0.3) is 0 Å². The zero-order chi connectivity index (χ0) is 27.2. The first kappa shape index (κ1) is 29.7. The highest BCUT2D eigenvalue weighted by molar-refractivity contribution is 5.78. The minimum atomic E-state index is -1.65. The Morgan fingerprint density at radius 1 is 0.649 bits per heavy atom. The van der Waals surface area contributed by atoms with Crippen LogP contribution in [0.4, 0.5) is 22.1 Å². The van der Waals surface area contributed by atoms with Crippen molar-refractivity contribution in [2.24, 2.45) is 0 Å². The van der Waals surface area contributed by atoms with E-state index in [1.54, 1.807) is 12.1 Å². The van der Waals surface area contributed by atoms with Crippen molar-refractivity contribution < 1.29 is 41.2 Å². The summed E-state index contributed by atoms with van der Waals surface area (Å²) in [5.41, 5.74) is 2.49. The molecule has 0 N–H and O–H groups in total. The van der Waals surface area contributed by atoms with Gasteiger partial charge in [-0.15, -0.1) is 0 Å². The van der Waals surface area contributed by atoms with Crippen LogP contribution in [0.15, 0.2) is 48.5 Å². The van der Waals surface area contributed by atoms with Crippen LogP contribution in [-0.2, 0) is 6.67 Å². The summed E-state index contributed by atoms with van der Waals surface area (Å²) in [6.45, 7) is 7.61. The van der Waals surface area contributed by atoms with Crippen molar-refractivity contribution >= 4 is 0 Å². The average molecular weight is 527 g/mol. The molecule has 3 rings (SSSR count).